The number of ether oxygens (including phenoxy) is 1. The first-order chi connectivity index (χ1) is 8.60. The quantitative estimate of drug-likeness (QED) is 0.619. The van der Waals surface area contributed by atoms with Gasteiger partial charge in [-0.2, -0.15) is 0 Å². The van der Waals surface area contributed by atoms with Gasteiger partial charge in [0.1, 0.15) is 6.10 Å². The standard InChI is InChI=1S/C14H14O4/c1-3-7-10(4-2)18-14(17)12-9-6-5-8-11(12)13(15)16/h3-6,8-10H,1-2,7H2,(H,15,16). The van der Waals surface area contributed by atoms with Crippen LogP contribution in [0.1, 0.15) is 27.1 Å². The van der Waals surface area contributed by atoms with Crippen molar-refractivity contribution in [2.45, 2.75) is 12.5 Å². The molecule has 4 heteroatoms. The monoisotopic (exact) mass is 246 g/mol. The lowest BCUT2D eigenvalue weighted by Crippen LogP contribution is -2.18. The Morgan fingerprint density at radius 1 is 1.28 bits per heavy atom. The van der Waals surface area contributed by atoms with E-state index >= 15 is 0 Å². The SMILES string of the molecule is C=CCC(C=C)OC(=O)c1ccccc1C(=O)O. The molecule has 0 heterocycles. The number of hydrogen-bond acceptors (Lipinski definition) is 3. The molecular weight excluding hydrogens is 232 g/mol. The highest BCUT2D eigenvalue weighted by Gasteiger charge is 2.18. The van der Waals surface area contributed by atoms with Gasteiger partial charge in [0.05, 0.1) is 11.1 Å². The second-order valence-electron chi connectivity index (χ2n) is 3.55. The van der Waals surface area contributed by atoms with Crippen molar-refractivity contribution in [1.29, 1.82) is 0 Å². The summed E-state index contributed by atoms with van der Waals surface area (Å²) in [5.74, 6) is -1.85. The third-order valence-electron chi connectivity index (χ3n) is 2.30. The maximum Gasteiger partial charge on any atom is 0.339 e. The van der Waals surface area contributed by atoms with Crippen molar-refractivity contribution in [3.05, 3.63) is 60.7 Å². The molecule has 0 aromatic heterocycles. The molecule has 1 aromatic rings. The summed E-state index contributed by atoms with van der Waals surface area (Å²) in [6, 6.07) is 5.91. The van der Waals surface area contributed by atoms with E-state index in [1.54, 1.807) is 18.2 Å². The molecule has 4 nitrogen and oxygen atoms in total. The van der Waals surface area contributed by atoms with Crippen molar-refractivity contribution >= 4 is 11.9 Å². The molecule has 0 radical (unpaired) electrons. The number of carboxylic acids is 1. The van der Waals surface area contributed by atoms with Crippen LogP contribution in [0.4, 0.5) is 0 Å². The Kier molecular flexibility index (Phi) is 4.87. The maximum atomic E-state index is 11.8. The minimum Gasteiger partial charge on any atom is -0.478 e. The number of esters is 1. The van der Waals surface area contributed by atoms with Gasteiger partial charge in [0.15, 0.2) is 0 Å². The van der Waals surface area contributed by atoms with E-state index in [-0.39, 0.29) is 11.1 Å². The Bertz CT molecular complexity index is 476. The van der Waals surface area contributed by atoms with Crippen LogP contribution < -0.4 is 0 Å². The summed E-state index contributed by atoms with van der Waals surface area (Å²) in [4.78, 5) is 22.8. The van der Waals surface area contributed by atoms with Crippen molar-refractivity contribution in [3.63, 3.8) is 0 Å². The zero-order valence-electron chi connectivity index (χ0n) is 9.83. The molecule has 0 aliphatic heterocycles. The van der Waals surface area contributed by atoms with Gasteiger partial charge in [-0.15, -0.1) is 6.58 Å². The Hall–Kier alpha value is -2.36. The number of carboxylic acid groups (broad SMARTS) is 1. The Morgan fingerprint density at radius 3 is 2.39 bits per heavy atom. The third kappa shape index (κ3) is 3.31. The van der Waals surface area contributed by atoms with Gasteiger partial charge < -0.3 is 9.84 Å². The van der Waals surface area contributed by atoms with E-state index in [1.165, 1.54) is 18.2 Å². The van der Waals surface area contributed by atoms with Gasteiger partial charge in [-0.3, -0.25) is 0 Å². The minimum atomic E-state index is -1.17. The highest BCUT2D eigenvalue weighted by molar-refractivity contribution is 6.02. The van der Waals surface area contributed by atoms with Gasteiger partial charge in [0.2, 0.25) is 0 Å². The van der Waals surface area contributed by atoms with Gasteiger partial charge in [-0.1, -0.05) is 30.9 Å². The molecule has 0 aliphatic carbocycles. The molecule has 0 aliphatic rings. The Labute approximate surface area is 105 Å². The first-order valence-corrected chi connectivity index (χ1v) is 5.37. The van der Waals surface area contributed by atoms with Gasteiger partial charge in [0.25, 0.3) is 0 Å². The van der Waals surface area contributed by atoms with E-state index in [1.807, 2.05) is 0 Å². The van der Waals surface area contributed by atoms with Crippen molar-refractivity contribution in [3.8, 4) is 0 Å². The topological polar surface area (TPSA) is 63.6 Å². The number of aromatic carboxylic acids is 1. The summed E-state index contributed by atoms with van der Waals surface area (Å²) >= 11 is 0. The molecule has 94 valence electrons. The first kappa shape index (κ1) is 13.7. The summed E-state index contributed by atoms with van der Waals surface area (Å²) in [6.07, 6.45) is 3.01. The fourth-order valence-corrected chi connectivity index (χ4v) is 1.41. The summed E-state index contributed by atoms with van der Waals surface area (Å²) < 4.78 is 5.13. The lowest BCUT2D eigenvalue weighted by atomic mass is 10.1. The minimum absolute atomic E-state index is 0.0286. The average molecular weight is 246 g/mol. The van der Waals surface area contributed by atoms with Crippen molar-refractivity contribution in [2.75, 3.05) is 0 Å². The molecule has 1 N–H and O–H groups in total. The zero-order valence-corrected chi connectivity index (χ0v) is 9.83. The van der Waals surface area contributed by atoms with E-state index in [0.717, 1.165) is 0 Å². The highest BCUT2D eigenvalue weighted by atomic mass is 16.5. The van der Waals surface area contributed by atoms with E-state index in [0.29, 0.717) is 6.42 Å². The second-order valence-corrected chi connectivity index (χ2v) is 3.55. The fraction of sp³-hybridized carbons (Fsp3) is 0.143. The van der Waals surface area contributed by atoms with Gasteiger partial charge in [0, 0.05) is 6.42 Å². The maximum absolute atomic E-state index is 11.8. The van der Waals surface area contributed by atoms with E-state index in [2.05, 4.69) is 13.2 Å². The van der Waals surface area contributed by atoms with Crippen molar-refractivity contribution in [2.24, 2.45) is 0 Å². The van der Waals surface area contributed by atoms with Crippen LogP contribution in [0.5, 0.6) is 0 Å². The predicted octanol–water partition coefficient (Wildman–Crippen LogP) is 2.67. The molecule has 0 bridgehead atoms. The van der Waals surface area contributed by atoms with Crippen molar-refractivity contribution in [1.82, 2.24) is 0 Å². The van der Waals surface area contributed by atoms with E-state index in [9.17, 15) is 9.59 Å². The Balaban J connectivity index is 2.93. The fourth-order valence-electron chi connectivity index (χ4n) is 1.41. The van der Waals surface area contributed by atoms with E-state index < -0.39 is 18.0 Å². The van der Waals surface area contributed by atoms with Gasteiger partial charge >= 0.3 is 11.9 Å². The van der Waals surface area contributed by atoms with E-state index in [4.69, 9.17) is 9.84 Å². The summed E-state index contributed by atoms with van der Waals surface area (Å²) in [5, 5.41) is 8.97. The van der Waals surface area contributed by atoms with Gasteiger partial charge in [-0.25, -0.2) is 9.59 Å². The van der Waals surface area contributed by atoms with Crippen LogP contribution in [-0.2, 0) is 4.74 Å². The lowest BCUT2D eigenvalue weighted by molar-refractivity contribution is 0.0393. The molecule has 0 saturated carbocycles. The molecule has 18 heavy (non-hydrogen) atoms. The molecule has 0 fully saturated rings. The molecule has 1 aromatic carbocycles. The van der Waals surface area contributed by atoms with Crippen LogP contribution in [0.25, 0.3) is 0 Å². The molecular formula is C14H14O4. The van der Waals surface area contributed by atoms with Crippen LogP contribution in [0.3, 0.4) is 0 Å². The number of carbonyl (C=O) groups is 2. The molecule has 1 rings (SSSR count). The summed E-state index contributed by atoms with van der Waals surface area (Å²) in [6.45, 7) is 7.08. The molecule has 0 spiro atoms. The van der Waals surface area contributed by atoms with Crippen LogP contribution in [0.15, 0.2) is 49.6 Å². The normalized spacial score (nSPS) is 11.3. The molecule has 0 saturated heterocycles. The highest BCUT2D eigenvalue weighted by Crippen LogP contribution is 2.13. The van der Waals surface area contributed by atoms with Gasteiger partial charge in [-0.05, 0) is 12.1 Å². The Morgan fingerprint density at radius 2 is 1.89 bits per heavy atom. The number of hydrogen-bond donors (Lipinski definition) is 1. The third-order valence-corrected chi connectivity index (χ3v) is 2.30. The van der Waals surface area contributed by atoms with Crippen LogP contribution in [0, 0.1) is 0 Å². The average Bonchev–Trinajstić information content (AvgIpc) is 2.38. The smallest absolute Gasteiger partial charge is 0.339 e. The second kappa shape index (κ2) is 6.39. The summed E-state index contributed by atoms with van der Waals surface area (Å²) in [7, 11) is 0. The van der Waals surface area contributed by atoms with Crippen LogP contribution in [0.2, 0.25) is 0 Å². The largest absolute Gasteiger partial charge is 0.478 e. The number of rotatable bonds is 6. The molecule has 0 amide bonds. The van der Waals surface area contributed by atoms with Crippen LogP contribution in [-0.4, -0.2) is 23.1 Å². The first-order valence-electron chi connectivity index (χ1n) is 5.37. The lowest BCUT2D eigenvalue weighted by Gasteiger charge is -2.13. The molecule has 1 unspecified atom stereocenters. The number of carbonyl (C=O) groups excluding carboxylic acids is 1. The zero-order chi connectivity index (χ0) is 13.5. The molecule has 1 atom stereocenters. The number of benzene rings is 1. The van der Waals surface area contributed by atoms with Crippen molar-refractivity contribution < 1.29 is 19.4 Å². The summed E-state index contributed by atoms with van der Waals surface area (Å²) in [5.41, 5.74) is -0.0511. The van der Waals surface area contributed by atoms with Crippen LogP contribution >= 0.6 is 0 Å². The predicted molar refractivity (Wildman–Crippen MR) is 67.6 cm³/mol.